The number of carbonyl (C=O) groups excluding carboxylic acids is 5. The van der Waals surface area contributed by atoms with Crippen molar-refractivity contribution in [2.75, 3.05) is 33.3 Å². The summed E-state index contributed by atoms with van der Waals surface area (Å²) in [6, 6.07) is 5.18. The first-order chi connectivity index (χ1) is 37.5. The number of nitrogens with one attached hydrogen (secondary N) is 5. The van der Waals surface area contributed by atoms with Crippen molar-refractivity contribution >= 4 is 41.7 Å². The van der Waals surface area contributed by atoms with Crippen molar-refractivity contribution in [1.29, 1.82) is 0 Å². The first-order valence-corrected chi connectivity index (χ1v) is 26.1. The number of ether oxygens (including phenoxy) is 7. The van der Waals surface area contributed by atoms with Crippen LogP contribution in [0.25, 0.3) is 0 Å². The predicted octanol–water partition coefficient (Wildman–Crippen LogP) is 2.91. The molecule has 442 valence electrons. The van der Waals surface area contributed by atoms with Gasteiger partial charge in [0.2, 0.25) is 0 Å². The molecular weight excluding hydrogens is 1060 g/mol. The molecule has 2 saturated carbocycles. The molecule has 28 nitrogen and oxygen atoms in total. The lowest BCUT2D eigenvalue weighted by molar-refractivity contribution is -0.385. The summed E-state index contributed by atoms with van der Waals surface area (Å²) in [5.74, 6) is -1.65. The van der Waals surface area contributed by atoms with Crippen LogP contribution in [-0.4, -0.2) is 177 Å². The quantitative estimate of drug-likeness (QED) is 0.0523. The fraction of sp³-hybridized carbons (Fsp3) is 0.635. The van der Waals surface area contributed by atoms with Crippen LogP contribution in [0.4, 0.5) is 30.6 Å². The second-order valence-electron chi connectivity index (χ2n) is 22.5. The fourth-order valence-corrected chi connectivity index (χ4v) is 9.47. The molecule has 4 aliphatic rings. The SMILES string of the molecule is CN(C(=O)OC(C)(C)C)[C@@H]1[C@@H](O)[C@@H](O[C@H]2[C@H](NC(=O)[C@@H](O)CNC(=O)OC(C)(C)C)C[C@H](NC(=O)OCc3ccc([N+](=O)[O-])cc3)C([C@H]3OC(CNCC4CC4)=CC[C@H]3NC(=O)OCc3ccc([N+](=O)[O-])cc3)[C@@H]2O)OC[C@]1(C)O. The highest BCUT2D eigenvalue weighted by atomic mass is 16.7. The smallest absolute Gasteiger partial charge is 0.410 e. The van der Waals surface area contributed by atoms with Crippen LogP contribution < -0.4 is 26.6 Å². The van der Waals surface area contributed by atoms with Crippen molar-refractivity contribution in [2.45, 2.75) is 165 Å². The Labute approximate surface area is 461 Å². The number of nitrogens with zero attached hydrogens (tertiary/aromatic N) is 3. The molecule has 1 unspecified atom stereocenters. The largest absolute Gasteiger partial charge is 0.491 e. The number of benzene rings is 2. The highest BCUT2D eigenvalue weighted by molar-refractivity contribution is 5.82. The number of aliphatic hydroxyl groups excluding tert-OH is 3. The Morgan fingerprint density at radius 1 is 0.800 bits per heavy atom. The molecule has 28 heteroatoms. The first-order valence-electron chi connectivity index (χ1n) is 26.1. The van der Waals surface area contributed by atoms with E-state index in [4.69, 9.17) is 33.2 Å². The number of alkyl carbamates (subject to hydrolysis) is 3. The van der Waals surface area contributed by atoms with Crippen LogP contribution in [0.3, 0.4) is 0 Å². The van der Waals surface area contributed by atoms with Gasteiger partial charge in [-0.1, -0.05) is 0 Å². The Morgan fingerprint density at radius 3 is 1.88 bits per heavy atom. The van der Waals surface area contributed by atoms with E-state index in [1.807, 2.05) is 0 Å². The van der Waals surface area contributed by atoms with Crippen LogP contribution in [0.1, 0.15) is 85.3 Å². The van der Waals surface area contributed by atoms with E-state index in [2.05, 4.69) is 26.6 Å². The number of amides is 5. The highest BCUT2D eigenvalue weighted by Gasteiger charge is 2.56. The maximum Gasteiger partial charge on any atom is 0.410 e. The minimum Gasteiger partial charge on any atom is -0.491 e. The molecule has 12 atom stereocenters. The van der Waals surface area contributed by atoms with Gasteiger partial charge >= 0.3 is 24.4 Å². The zero-order valence-electron chi connectivity index (χ0n) is 45.9. The molecule has 5 amide bonds. The molecule has 0 radical (unpaired) electrons. The molecule has 80 heavy (non-hydrogen) atoms. The molecule has 6 rings (SSSR count). The predicted molar refractivity (Wildman–Crippen MR) is 279 cm³/mol. The molecule has 1 saturated heterocycles. The van der Waals surface area contributed by atoms with Gasteiger partial charge in [0, 0.05) is 43.3 Å². The number of likely N-dealkylation sites (N-methyl/N-ethyl adjacent to an activating group) is 1. The van der Waals surface area contributed by atoms with E-state index in [1.165, 1.54) is 62.5 Å². The average molecular weight is 1130 g/mol. The van der Waals surface area contributed by atoms with E-state index in [-0.39, 0.29) is 30.9 Å². The van der Waals surface area contributed by atoms with Crippen molar-refractivity contribution in [2.24, 2.45) is 11.8 Å². The lowest BCUT2D eigenvalue weighted by Crippen LogP contribution is -2.71. The van der Waals surface area contributed by atoms with Crippen LogP contribution in [0.15, 0.2) is 60.4 Å². The molecule has 3 fully saturated rings. The highest BCUT2D eigenvalue weighted by Crippen LogP contribution is 2.39. The van der Waals surface area contributed by atoms with Crippen LogP contribution in [-0.2, 0) is 51.2 Å². The van der Waals surface area contributed by atoms with Gasteiger partial charge in [0.1, 0.15) is 60.2 Å². The summed E-state index contributed by atoms with van der Waals surface area (Å²) in [4.78, 5) is 90.1. The van der Waals surface area contributed by atoms with Crippen molar-refractivity contribution in [3.8, 4) is 0 Å². The second-order valence-corrected chi connectivity index (χ2v) is 22.5. The summed E-state index contributed by atoms with van der Waals surface area (Å²) in [6.07, 6.45) is -11.1. The van der Waals surface area contributed by atoms with Crippen molar-refractivity contribution in [3.63, 3.8) is 0 Å². The minimum atomic E-state index is -1.96. The zero-order chi connectivity index (χ0) is 58.9. The summed E-state index contributed by atoms with van der Waals surface area (Å²) in [7, 11) is 1.28. The van der Waals surface area contributed by atoms with Gasteiger partial charge in [-0.15, -0.1) is 0 Å². The van der Waals surface area contributed by atoms with Crippen LogP contribution >= 0.6 is 0 Å². The van der Waals surface area contributed by atoms with Crippen LogP contribution in [0.2, 0.25) is 0 Å². The van der Waals surface area contributed by atoms with Gasteiger partial charge in [-0.25, -0.2) is 19.2 Å². The van der Waals surface area contributed by atoms with Crippen molar-refractivity contribution < 1.29 is 87.4 Å². The van der Waals surface area contributed by atoms with E-state index < -0.39 is 150 Å². The number of non-ortho nitro benzene ring substituents is 2. The third kappa shape index (κ3) is 17.8. The summed E-state index contributed by atoms with van der Waals surface area (Å²) in [5, 5.41) is 84.2. The van der Waals surface area contributed by atoms with E-state index in [0.717, 1.165) is 17.7 Å². The number of hydrogen-bond acceptors (Lipinski definition) is 21. The number of hydrogen-bond donors (Lipinski definition) is 9. The van der Waals surface area contributed by atoms with Gasteiger partial charge in [-0.05, 0) is 128 Å². The van der Waals surface area contributed by atoms with Crippen molar-refractivity contribution in [1.82, 2.24) is 31.5 Å². The van der Waals surface area contributed by atoms with E-state index in [1.54, 1.807) is 47.6 Å². The maximum absolute atomic E-state index is 14.0. The van der Waals surface area contributed by atoms with E-state index >= 15 is 0 Å². The molecule has 0 bridgehead atoms. The Morgan fingerprint density at radius 2 is 1.35 bits per heavy atom. The van der Waals surface area contributed by atoms with Gasteiger partial charge in [0.15, 0.2) is 6.29 Å². The minimum absolute atomic E-state index is 0.0546. The monoisotopic (exact) mass is 1130 g/mol. The average Bonchev–Trinajstić information content (AvgIpc) is 4.29. The Balaban J connectivity index is 1.37. The molecule has 0 spiro atoms. The Bertz CT molecular complexity index is 2530. The summed E-state index contributed by atoms with van der Waals surface area (Å²) < 4.78 is 41.0. The number of rotatable bonds is 20. The maximum atomic E-state index is 14.0. The molecule has 0 aromatic heterocycles. The molecular formula is C52H74N8O20. The van der Waals surface area contributed by atoms with Gasteiger partial charge in [-0.2, -0.15) is 0 Å². The number of aliphatic hydroxyl groups is 4. The van der Waals surface area contributed by atoms with Crippen LogP contribution in [0.5, 0.6) is 0 Å². The number of carbonyl (C=O) groups is 5. The molecule has 2 aliphatic carbocycles. The van der Waals surface area contributed by atoms with Gasteiger partial charge in [-0.3, -0.25) is 25.0 Å². The first kappa shape index (κ1) is 62.3. The fourth-order valence-electron chi connectivity index (χ4n) is 9.47. The molecule has 2 aromatic carbocycles. The molecule has 9 N–H and O–H groups in total. The summed E-state index contributed by atoms with van der Waals surface area (Å²) >= 11 is 0. The number of nitro benzene ring substituents is 2. The lowest BCUT2D eigenvalue weighted by atomic mass is 9.72. The third-order valence-electron chi connectivity index (χ3n) is 13.5. The lowest BCUT2D eigenvalue weighted by Gasteiger charge is -2.52. The summed E-state index contributed by atoms with van der Waals surface area (Å²) in [6.45, 7) is 9.92. The number of nitro groups is 2. The standard InChI is InChI=1S/C52H74N8O20/c1-50(2,3)79-46(65)54-24-37(61)44(64)55-36-21-35(57-48(67)75-26-30-13-17-32(18-14-30)60(72)73)38(39(62)42(36)78-45-40(63)43(52(7,69)27-76-45)58(8)49(68)80-51(4,5)6)41-34(20-19-33(77-41)23-53-22-28-9-10-28)56-47(66)74-25-29-11-15-31(16-12-29)59(70)71/h11-19,28,34-43,45,53,61-63,69H,9-10,20-27H2,1-8H3,(H,54,65)(H,55,64)(H,56,66)(H,57,67)/t34-,35+,36-,37+,38?,39+,40-,41+,42+,43-,45-,52+/m1/s1. The van der Waals surface area contributed by atoms with Crippen molar-refractivity contribution in [3.05, 3.63) is 91.7 Å². The molecule has 2 aliphatic heterocycles. The van der Waals surface area contributed by atoms with Gasteiger partial charge < -0.3 is 85.1 Å². The van der Waals surface area contributed by atoms with E-state index in [0.29, 0.717) is 29.3 Å². The molecule has 2 aromatic rings. The topological polar surface area (TPSA) is 381 Å². The van der Waals surface area contributed by atoms with Crippen LogP contribution in [0, 0.1) is 32.1 Å². The third-order valence-corrected chi connectivity index (χ3v) is 13.5. The second kappa shape index (κ2) is 26.5. The Hall–Kier alpha value is -6.95. The summed E-state index contributed by atoms with van der Waals surface area (Å²) in [5.41, 5.74) is -3.48. The normalized spacial score (nSPS) is 27.1. The van der Waals surface area contributed by atoms with Gasteiger partial charge in [0.25, 0.3) is 17.3 Å². The Kier molecular flexibility index (Phi) is 20.7. The van der Waals surface area contributed by atoms with Gasteiger partial charge in [0.05, 0.1) is 53.8 Å². The zero-order valence-corrected chi connectivity index (χ0v) is 45.9. The van der Waals surface area contributed by atoms with E-state index in [9.17, 15) is 64.6 Å². The molecule has 2 heterocycles.